The van der Waals surface area contributed by atoms with Gasteiger partial charge in [-0.3, -0.25) is 4.79 Å². The molecular weight excluding hydrogens is 344 g/mol. The standard InChI is InChI=1S/C20H26N4O3/c1-13(2)17(23-20(26)27-3)19(25)24-11-7-10-16(24)18-21-12-15(22-18)14-8-5-4-6-9-14/h4-6,8-9,12-13,16-17H,7,10-11H2,1-3H3,(H,21,22)(H,23,26). The molecule has 27 heavy (non-hydrogen) atoms. The van der Waals surface area contributed by atoms with Gasteiger partial charge in [-0.2, -0.15) is 0 Å². The Morgan fingerprint density at radius 3 is 2.70 bits per heavy atom. The van der Waals surface area contributed by atoms with Crippen LogP contribution in [0.5, 0.6) is 0 Å². The molecule has 0 radical (unpaired) electrons. The van der Waals surface area contributed by atoms with Crippen molar-refractivity contribution in [1.82, 2.24) is 20.2 Å². The molecule has 7 nitrogen and oxygen atoms in total. The topological polar surface area (TPSA) is 87.3 Å². The van der Waals surface area contributed by atoms with E-state index in [1.807, 2.05) is 49.1 Å². The van der Waals surface area contributed by atoms with Gasteiger partial charge in [-0.1, -0.05) is 44.2 Å². The van der Waals surface area contributed by atoms with Gasteiger partial charge in [0.05, 0.1) is 25.0 Å². The number of aromatic amines is 1. The third kappa shape index (κ3) is 4.13. The van der Waals surface area contributed by atoms with E-state index < -0.39 is 12.1 Å². The number of rotatable bonds is 5. The van der Waals surface area contributed by atoms with Crippen LogP contribution < -0.4 is 5.32 Å². The first kappa shape index (κ1) is 18.9. The van der Waals surface area contributed by atoms with Gasteiger partial charge in [-0.25, -0.2) is 9.78 Å². The average Bonchev–Trinajstić information content (AvgIpc) is 3.34. The molecule has 2 atom stereocenters. The molecule has 0 bridgehead atoms. The van der Waals surface area contributed by atoms with Crippen molar-refractivity contribution < 1.29 is 14.3 Å². The van der Waals surface area contributed by atoms with Gasteiger partial charge in [0.25, 0.3) is 0 Å². The molecular formula is C20H26N4O3. The fraction of sp³-hybridized carbons (Fsp3) is 0.450. The zero-order valence-corrected chi connectivity index (χ0v) is 15.9. The lowest BCUT2D eigenvalue weighted by Crippen LogP contribution is -2.51. The molecule has 1 aliphatic heterocycles. The fourth-order valence-electron chi connectivity index (χ4n) is 3.46. The van der Waals surface area contributed by atoms with Crippen LogP contribution in [0.4, 0.5) is 4.79 Å². The first-order chi connectivity index (χ1) is 13.0. The lowest BCUT2D eigenvalue weighted by Gasteiger charge is -2.30. The largest absolute Gasteiger partial charge is 0.453 e. The van der Waals surface area contributed by atoms with Crippen LogP contribution in [0.3, 0.4) is 0 Å². The number of H-pyrrole nitrogens is 1. The van der Waals surface area contributed by atoms with Crippen molar-refractivity contribution in [3.63, 3.8) is 0 Å². The van der Waals surface area contributed by atoms with Gasteiger partial charge in [0.2, 0.25) is 5.91 Å². The SMILES string of the molecule is COC(=O)NC(C(=O)N1CCCC1c1ncc(-c2ccccc2)[nH]1)C(C)C. The van der Waals surface area contributed by atoms with Crippen molar-refractivity contribution in [2.24, 2.45) is 5.92 Å². The molecule has 0 aliphatic carbocycles. The highest BCUT2D eigenvalue weighted by molar-refractivity contribution is 5.86. The molecule has 0 spiro atoms. The second kappa shape index (κ2) is 8.24. The monoisotopic (exact) mass is 370 g/mol. The van der Waals surface area contributed by atoms with Gasteiger partial charge in [0.1, 0.15) is 11.9 Å². The van der Waals surface area contributed by atoms with Gasteiger partial charge in [-0.15, -0.1) is 0 Å². The van der Waals surface area contributed by atoms with Crippen molar-refractivity contribution >= 4 is 12.0 Å². The number of nitrogens with one attached hydrogen (secondary N) is 2. The predicted octanol–water partition coefficient (Wildman–Crippen LogP) is 3.12. The number of ether oxygens (including phenoxy) is 1. The fourth-order valence-corrected chi connectivity index (χ4v) is 3.46. The number of benzene rings is 1. The highest BCUT2D eigenvalue weighted by Gasteiger charge is 2.37. The molecule has 3 rings (SSSR count). The molecule has 1 fully saturated rings. The van der Waals surface area contributed by atoms with E-state index in [0.29, 0.717) is 6.54 Å². The second-order valence-electron chi connectivity index (χ2n) is 7.10. The number of aromatic nitrogens is 2. The summed E-state index contributed by atoms with van der Waals surface area (Å²) in [5.74, 6) is 0.630. The van der Waals surface area contributed by atoms with Gasteiger partial charge in [0.15, 0.2) is 0 Å². The van der Waals surface area contributed by atoms with Crippen LogP contribution in [0.15, 0.2) is 36.5 Å². The number of amides is 2. The van der Waals surface area contributed by atoms with Gasteiger partial charge < -0.3 is 19.9 Å². The quantitative estimate of drug-likeness (QED) is 0.846. The van der Waals surface area contributed by atoms with Gasteiger partial charge >= 0.3 is 6.09 Å². The molecule has 1 saturated heterocycles. The summed E-state index contributed by atoms with van der Waals surface area (Å²) in [6.45, 7) is 4.46. The van der Waals surface area contributed by atoms with Crippen LogP contribution in [0.2, 0.25) is 0 Å². The minimum absolute atomic E-state index is 0.0469. The number of nitrogens with zero attached hydrogens (tertiary/aromatic N) is 2. The average molecular weight is 370 g/mol. The highest BCUT2D eigenvalue weighted by atomic mass is 16.5. The summed E-state index contributed by atoms with van der Waals surface area (Å²) in [5.41, 5.74) is 1.98. The summed E-state index contributed by atoms with van der Waals surface area (Å²) in [7, 11) is 1.30. The smallest absolute Gasteiger partial charge is 0.407 e. The number of alkyl carbamates (subject to hydrolysis) is 1. The van der Waals surface area contributed by atoms with Crippen LogP contribution in [0.25, 0.3) is 11.3 Å². The maximum atomic E-state index is 13.1. The summed E-state index contributed by atoms with van der Waals surface area (Å²) in [6, 6.07) is 9.23. The van der Waals surface area contributed by atoms with Crippen LogP contribution in [0.1, 0.15) is 38.6 Å². The molecule has 1 aromatic carbocycles. The lowest BCUT2D eigenvalue weighted by atomic mass is 10.0. The summed E-state index contributed by atoms with van der Waals surface area (Å²) in [5, 5.41) is 2.66. The molecule has 144 valence electrons. The molecule has 1 aliphatic rings. The molecule has 2 unspecified atom stereocenters. The van der Waals surface area contributed by atoms with E-state index >= 15 is 0 Å². The Morgan fingerprint density at radius 1 is 1.30 bits per heavy atom. The lowest BCUT2D eigenvalue weighted by molar-refractivity contribution is -0.135. The van der Waals surface area contributed by atoms with Crippen LogP contribution in [-0.2, 0) is 9.53 Å². The maximum Gasteiger partial charge on any atom is 0.407 e. The van der Waals surface area contributed by atoms with E-state index in [4.69, 9.17) is 0 Å². The molecule has 7 heteroatoms. The minimum Gasteiger partial charge on any atom is -0.453 e. The molecule has 2 aromatic rings. The number of methoxy groups -OCH3 is 1. The number of carbonyl (C=O) groups is 2. The summed E-state index contributed by atoms with van der Waals surface area (Å²) >= 11 is 0. The Labute approximate surface area is 159 Å². The Balaban J connectivity index is 1.79. The summed E-state index contributed by atoms with van der Waals surface area (Å²) in [4.78, 5) is 34.4. The third-order valence-corrected chi connectivity index (χ3v) is 4.92. The number of hydrogen-bond acceptors (Lipinski definition) is 4. The highest BCUT2D eigenvalue weighted by Crippen LogP contribution is 2.32. The van der Waals surface area contributed by atoms with Crippen molar-refractivity contribution in [3.8, 4) is 11.3 Å². The number of likely N-dealkylation sites (tertiary alicyclic amines) is 1. The maximum absolute atomic E-state index is 13.1. The first-order valence-corrected chi connectivity index (χ1v) is 9.26. The Hall–Kier alpha value is -2.83. The van der Waals surface area contributed by atoms with Crippen molar-refractivity contribution in [1.29, 1.82) is 0 Å². The van der Waals surface area contributed by atoms with E-state index in [1.54, 1.807) is 6.20 Å². The Bertz CT molecular complexity index is 788. The third-order valence-electron chi connectivity index (χ3n) is 4.92. The van der Waals surface area contributed by atoms with E-state index in [2.05, 4.69) is 20.0 Å². The Morgan fingerprint density at radius 2 is 2.04 bits per heavy atom. The van der Waals surface area contributed by atoms with Gasteiger partial charge in [0, 0.05) is 6.54 Å². The summed E-state index contributed by atoms with van der Waals surface area (Å²) in [6.07, 6.45) is 2.96. The second-order valence-corrected chi connectivity index (χ2v) is 7.10. The van der Waals surface area contributed by atoms with Crippen molar-refractivity contribution in [3.05, 3.63) is 42.4 Å². The molecule has 1 aromatic heterocycles. The molecule has 2 amide bonds. The minimum atomic E-state index is -0.624. The molecule has 2 heterocycles. The first-order valence-electron chi connectivity index (χ1n) is 9.26. The number of hydrogen-bond donors (Lipinski definition) is 2. The molecule has 0 saturated carbocycles. The van der Waals surface area contributed by atoms with Gasteiger partial charge in [-0.05, 0) is 24.3 Å². The number of carbonyl (C=O) groups excluding carboxylic acids is 2. The molecule has 2 N–H and O–H groups in total. The van der Waals surface area contributed by atoms with Crippen LogP contribution in [-0.4, -0.2) is 46.6 Å². The van der Waals surface area contributed by atoms with E-state index in [1.165, 1.54) is 7.11 Å². The van der Waals surface area contributed by atoms with E-state index in [9.17, 15) is 9.59 Å². The predicted molar refractivity (Wildman–Crippen MR) is 102 cm³/mol. The van der Waals surface area contributed by atoms with Crippen molar-refractivity contribution in [2.75, 3.05) is 13.7 Å². The van der Waals surface area contributed by atoms with E-state index in [-0.39, 0.29) is 17.9 Å². The summed E-state index contributed by atoms with van der Waals surface area (Å²) < 4.78 is 4.67. The van der Waals surface area contributed by atoms with E-state index in [0.717, 1.165) is 29.9 Å². The Kier molecular flexibility index (Phi) is 5.78. The van der Waals surface area contributed by atoms with Crippen molar-refractivity contribution in [2.45, 2.75) is 38.8 Å². The zero-order chi connectivity index (χ0) is 19.4. The normalized spacial score (nSPS) is 17.8. The van der Waals surface area contributed by atoms with Crippen LogP contribution in [0, 0.1) is 5.92 Å². The zero-order valence-electron chi connectivity index (χ0n) is 15.9. The number of imidazole rings is 1. The van der Waals surface area contributed by atoms with Crippen LogP contribution >= 0.6 is 0 Å².